The van der Waals surface area contributed by atoms with Gasteiger partial charge in [-0.25, -0.2) is 22.2 Å². The van der Waals surface area contributed by atoms with Crippen LogP contribution in [-0.4, -0.2) is 48.1 Å². The molecule has 0 radical (unpaired) electrons. The topological polar surface area (TPSA) is 64.4 Å². The van der Waals surface area contributed by atoms with Crippen molar-refractivity contribution < 1.29 is 21.9 Å². The van der Waals surface area contributed by atoms with Crippen LogP contribution in [0.25, 0.3) is 11.0 Å². The summed E-state index contributed by atoms with van der Waals surface area (Å²) in [5, 5.41) is 0.329. The van der Waals surface area contributed by atoms with Gasteiger partial charge in [0.2, 0.25) is 10.0 Å². The highest BCUT2D eigenvalue weighted by Crippen LogP contribution is 2.34. The quantitative estimate of drug-likeness (QED) is 0.270. The van der Waals surface area contributed by atoms with Crippen molar-refractivity contribution in [2.45, 2.75) is 61.1 Å². The average molecular weight is 556 g/mol. The summed E-state index contributed by atoms with van der Waals surface area (Å²) in [4.78, 5) is 4.92. The summed E-state index contributed by atoms with van der Waals surface area (Å²) < 4.78 is 64.3. The van der Waals surface area contributed by atoms with Crippen LogP contribution in [0.2, 0.25) is 5.02 Å². The third-order valence-electron chi connectivity index (χ3n) is 6.84. The number of hydrogen-bond acceptors (Lipinski definition) is 5. The maximum absolute atomic E-state index is 14.4. The summed E-state index contributed by atoms with van der Waals surface area (Å²) >= 11 is 7.26. The number of benzene rings is 2. The molecule has 0 bridgehead atoms. The van der Waals surface area contributed by atoms with Gasteiger partial charge < -0.3 is 9.30 Å². The van der Waals surface area contributed by atoms with Crippen LogP contribution in [0.1, 0.15) is 38.2 Å². The Morgan fingerprint density at radius 2 is 1.97 bits per heavy atom. The summed E-state index contributed by atoms with van der Waals surface area (Å²) in [6, 6.07) is 7.07. The standard InChI is InChI=1S/C25H28ClF2N3O3S2/c1-16-4-2-10-30(13-16)36(32,33)18-6-9-23-22(12-18)29-25(31(23)14-17-5-3-11-34-17)35-15-19-20(27)7-8-21(28)24(19)26/h6-9,12,16-17H,2-5,10-11,13-15H2,1H3/t16-,17-/m0/s1. The molecular weight excluding hydrogens is 528 g/mol. The molecular formula is C25H28ClF2N3O3S2. The number of hydrogen-bond donors (Lipinski definition) is 0. The molecule has 3 heterocycles. The molecule has 36 heavy (non-hydrogen) atoms. The van der Waals surface area contributed by atoms with E-state index in [1.54, 1.807) is 22.5 Å². The maximum Gasteiger partial charge on any atom is 0.243 e. The molecule has 0 aliphatic carbocycles. The molecule has 0 unspecified atom stereocenters. The fourth-order valence-electron chi connectivity index (χ4n) is 4.88. The Morgan fingerprint density at radius 1 is 1.17 bits per heavy atom. The van der Waals surface area contributed by atoms with Crippen LogP contribution in [0.4, 0.5) is 8.78 Å². The molecule has 0 saturated carbocycles. The van der Waals surface area contributed by atoms with Crippen LogP contribution in [0.15, 0.2) is 40.4 Å². The van der Waals surface area contributed by atoms with Gasteiger partial charge in [0, 0.05) is 31.0 Å². The van der Waals surface area contributed by atoms with Gasteiger partial charge in [0.1, 0.15) is 11.6 Å². The molecule has 2 aliphatic heterocycles. The molecule has 6 nitrogen and oxygen atoms in total. The van der Waals surface area contributed by atoms with Gasteiger partial charge in [0.15, 0.2) is 5.16 Å². The van der Waals surface area contributed by atoms with E-state index < -0.39 is 21.7 Å². The van der Waals surface area contributed by atoms with Gasteiger partial charge in [-0.15, -0.1) is 0 Å². The monoisotopic (exact) mass is 555 g/mol. The highest BCUT2D eigenvalue weighted by Gasteiger charge is 2.30. The lowest BCUT2D eigenvalue weighted by Crippen LogP contribution is -2.39. The zero-order valence-electron chi connectivity index (χ0n) is 19.9. The molecule has 1 aromatic heterocycles. The predicted molar refractivity (Wildman–Crippen MR) is 137 cm³/mol. The Bertz CT molecular complexity index is 1380. The SMILES string of the molecule is C[C@H]1CCCN(S(=O)(=O)c2ccc3c(c2)nc(SCc2c(F)ccc(F)c2Cl)n3C[C@@H]2CCCO2)C1. The van der Waals surface area contributed by atoms with E-state index in [0.717, 1.165) is 43.3 Å². The fraction of sp³-hybridized carbons (Fsp3) is 0.480. The van der Waals surface area contributed by atoms with Gasteiger partial charge in [-0.1, -0.05) is 30.3 Å². The van der Waals surface area contributed by atoms with Gasteiger partial charge in [0.25, 0.3) is 0 Å². The number of nitrogens with zero attached hydrogens (tertiary/aromatic N) is 3. The van der Waals surface area contributed by atoms with Gasteiger partial charge in [-0.3, -0.25) is 0 Å². The van der Waals surface area contributed by atoms with Crippen LogP contribution >= 0.6 is 23.4 Å². The van der Waals surface area contributed by atoms with E-state index in [1.165, 1.54) is 11.8 Å². The van der Waals surface area contributed by atoms with Crippen LogP contribution in [0.5, 0.6) is 0 Å². The Morgan fingerprint density at radius 3 is 2.72 bits per heavy atom. The normalized spacial score (nSPS) is 21.4. The first-order valence-electron chi connectivity index (χ1n) is 12.1. The molecule has 0 N–H and O–H groups in total. The van der Waals surface area contributed by atoms with Crippen LogP contribution in [0, 0.1) is 17.6 Å². The number of aromatic nitrogens is 2. The second-order valence-electron chi connectivity index (χ2n) is 9.51. The molecule has 2 atom stereocenters. The van der Waals surface area contributed by atoms with Gasteiger partial charge >= 0.3 is 0 Å². The first kappa shape index (κ1) is 25.9. The molecule has 194 valence electrons. The first-order chi connectivity index (χ1) is 17.2. The Hall–Kier alpha value is -1.72. The highest BCUT2D eigenvalue weighted by molar-refractivity contribution is 7.98. The number of thioether (sulfide) groups is 1. The summed E-state index contributed by atoms with van der Waals surface area (Å²) in [6.07, 6.45) is 3.76. The Labute approximate surface area is 219 Å². The smallest absolute Gasteiger partial charge is 0.243 e. The third-order valence-corrected chi connectivity index (χ3v) is 10.1. The molecule has 2 saturated heterocycles. The van der Waals surface area contributed by atoms with Crippen molar-refractivity contribution in [1.82, 2.24) is 13.9 Å². The lowest BCUT2D eigenvalue weighted by molar-refractivity contribution is 0.0960. The van der Waals surface area contributed by atoms with E-state index in [2.05, 4.69) is 6.92 Å². The number of imidazole rings is 1. The number of ether oxygens (including phenoxy) is 1. The minimum absolute atomic E-state index is 0.00879. The van der Waals surface area contributed by atoms with E-state index in [0.29, 0.717) is 42.8 Å². The van der Waals surface area contributed by atoms with Crippen LogP contribution in [-0.2, 0) is 27.1 Å². The second kappa shape index (κ2) is 10.6. The van der Waals surface area contributed by atoms with Crippen LogP contribution < -0.4 is 0 Å². The van der Waals surface area contributed by atoms with Crippen molar-refractivity contribution in [2.24, 2.45) is 5.92 Å². The fourth-order valence-corrected chi connectivity index (χ4v) is 7.84. The average Bonchev–Trinajstić information content (AvgIpc) is 3.49. The summed E-state index contributed by atoms with van der Waals surface area (Å²) in [5.74, 6) is -0.863. The van der Waals surface area contributed by atoms with E-state index >= 15 is 0 Å². The van der Waals surface area contributed by atoms with Gasteiger partial charge in [0.05, 0.1) is 33.6 Å². The van der Waals surface area contributed by atoms with E-state index in [-0.39, 0.29) is 27.3 Å². The lowest BCUT2D eigenvalue weighted by Gasteiger charge is -2.30. The highest BCUT2D eigenvalue weighted by atomic mass is 35.5. The van der Waals surface area contributed by atoms with Crippen molar-refractivity contribution in [2.75, 3.05) is 19.7 Å². The van der Waals surface area contributed by atoms with Crippen molar-refractivity contribution in [1.29, 1.82) is 0 Å². The molecule has 2 fully saturated rings. The third kappa shape index (κ3) is 5.15. The minimum Gasteiger partial charge on any atom is -0.376 e. The Balaban J connectivity index is 1.49. The Kier molecular flexibility index (Phi) is 7.61. The van der Waals surface area contributed by atoms with Crippen LogP contribution in [0.3, 0.4) is 0 Å². The van der Waals surface area contributed by atoms with Crippen molar-refractivity contribution in [3.8, 4) is 0 Å². The second-order valence-corrected chi connectivity index (χ2v) is 12.8. The van der Waals surface area contributed by atoms with Crippen molar-refractivity contribution >= 4 is 44.4 Å². The first-order valence-corrected chi connectivity index (χ1v) is 14.9. The number of piperidine rings is 1. The number of fused-ring (bicyclic) bond motifs is 1. The van der Waals surface area contributed by atoms with Crippen molar-refractivity contribution in [3.63, 3.8) is 0 Å². The van der Waals surface area contributed by atoms with Gasteiger partial charge in [-0.05, 0) is 61.9 Å². The molecule has 0 amide bonds. The van der Waals surface area contributed by atoms with E-state index in [4.69, 9.17) is 21.3 Å². The summed E-state index contributed by atoms with van der Waals surface area (Å²) in [6.45, 7) is 4.32. The zero-order chi connectivity index (χ0) is 25.4. The molecule has 0 spiro atoms. The molecule has 2 aliphatic rings. The summed E-state index contributed by atoms with van der Waals surface area (Å²) in [5.41, 5.74) is 1.37. The number of sulfonamides is 1. The summed E-state index contributed by atoms with van der Waals surface area (Å²) in [7, 11) is -3.64. The van der Waals surface area contributed by atoms with E-state index in [9.17, 15) is 17.2 Å². The maximum atomic E-state index is 14.4. The van der Waals surface area contributed by atoms with Gasteiger partial charge in [-0.2, -0.15) is 4.31 Å². The minimum atomic E-state index is -3.64. The van der Waals surface area contributed by atoms with E-state index in [1.807, 2.05) is 4.57 Å². The largest absolute Gasteiger partial charge is 0.376 e. The molecule has 3 aromatic rings. The molecule has 2 aromatic carbocycles. The van der Waals surface area contributed by atoms with Crippen molar-refractivity contribution in [3.05, 3.63) is 52.6 Å². The number of halogens is 3. The zero-order valence-corrected chi connectivity index (χ0v) is 22.3. The molecule has 5 rings (SSSR count). The lowest BCUT2D eigenvalue weighted by atomic mass is 10.0. The molecule has 11 heteroatoms. The number of rotatable bonds is 7. The predicted octanol–water partition coefficient (Wildman–Crippen LogP) is 5.86.